The van der Waals surface area contributed by atoms with Crippen LogP contribution in [-0.4, -0.2) is 51.9 Å². The molecule has 0 atom stereocenters. The number of urea groups is 1. The van der Waals surface area contributed by atoms with E-state index in [9.17, 15) is 14.9 Å². The maximum Gasteiger partial charge on any atom is 0.321 e. The van der Waals surface area contributed by atoms with Gasteiger partial charge in [-0.25, -0.2) is 4.79 Å². The normalized spacial score (nSPS) is 15.0. The number of nitro groups is 1. The molecule has 2 amide bonds. The molecule has 1 aromatic carbocycles. The second-order valence-corrected chi connectivity index (χ2v) is 5.86. The fraction of sp³-hybridized carbons (Fsp3) is 0.294. The Labute approximate surface area is 145 Å². The number of anilines is 1. The number of pyridine rings is 1. The van der Waals surface area contributed by atoms with Crippen LogP contribution in [0.3, 0.4) is 0 Å². The Morgan fingerprint density at radius 3 is 2.68 bits per heavy atom. The number of piperazine rings is 1. The summed E-state index contributed by atoms with van der Waals surface area (Å²) in [5.74, 6) is 0. The third-order valence-corrected chi connectivity index (χ3v) is 4.10. The first-order valence-electron chi connectivity index (χ1n) is 8.03. The van der Waals surface area contributed by atoms with Crippen molar-refractivity contribution in [3.63, 3.8) is 0 Å². The van der Waals surface area contributed by atoms with Crippen molar-refractivity contribution >= 4 is 17.4 Å². The average molecular weight is 341 g/mol. The van der Waals surface area contributed by atoms with E-state index >= 15 is 0 Å². The van der Waals surface area contributed by atoms with Crippen LogP contribution in [0.2, 0.25) is 0 Å². The molecular formula is C17H19N5O3. The molecule has 1 aromatic heterocycles. The van der Waals surface area contributed by atoms with Crippen molar-refractivity contribution in [3.8, 4) is 0 Å². The lowest BCUT2D eigenvalue weighted by atomic mass is 10.2. The predicted molar refractivity (Wildman–Crippen MR) is 93.2 cm³/mol. The fourth-order valence-electron chi connectivity index (χ4n) is 2.76. The molecule has 0 unspecified atom stereocenters. The van der Waals surface area contributed by atoms with E-state index in [4.69, 9.17) is 0 Å². The molecule has 1 aliphatic heterocycles. The molecule has 2 aromatic rings. The molecule has 130 valence electrons. The van der Waals surface area contributed by atoms with E-state index < -0.39 is 4.92 Å². The van der Waals surface area contributed by atoms with Gasteiger partial charge in [0.25, 0.3) is 5.69 Å². The molecule has 1 saturated heterocycles. The minimum absolute atomic E-state index is 0.0425. The summed E-state index contributed by atoms with van der Waals surface area (Å²) in [6.07, 6.45) is 3.60. The monoisotopic (exact) mass is 341 g/mol. The molecule has 0 saturated carbocycles. The van der Waals surface area contributed by atoms with E-state index in [1.54, 1.807) is 23.2 Å². The Balaban J connectivity index is 1.51. The van der Waals surface area contributed by atoms with Crippen molar-refractivity contribution in [2.45, 2.75) is 6.54 Å². The summed E-state index contributed by atoms with van der Waals surface area (Å²) in [5.41, 5.74) is 1.54. The molecule has 8 heteroatoms. The number of amides is 2. The number of benzene rings is 1. The number of nitrogens with one attached hydrogen (secondary N) is 1. The van der Waals surface area contributed by atoms with Gasteiger partial charge in [-0.1, -0.05) is 12.1 Å². The van der Waals surface area contributed by atoms with E-state index in [-0.39, 0.29) is 11.7 Å². The summed E-state index contributed by atoms with van der Waals surface area (Å²) in [6, 6.07) is 9.67. The van der Waals surface area contributed by atoms with Crippen molar-refractivity contribution in [2.24, 2.45) is 0 Å². The van der Waals surface area contributed by atoms with Crippen LogP contribution in [0.1, 0.15) is 5.56 Å². The molecule has 8 nitrogen and oxygen atoms in total. The highest BCUT2D eigenvalue weighted by molar-refractivity contribution is 5.89. The van der Waals surface area contributed by atoms with Crippen molar-refractivity contribution in [3.05, 3.63) is 64.5 Å². The van der Waals surface area contributed by atoms with Crippen LogP contribution >= 0.6 is 0 Å². The third kappa shape index (κ3) is 4.51. The lowest BCUT2D eigenvalue weighted by Crippen LogP contribution is -2.49. The second-order valence-electron chi connectivity index (χ2n) is 5.86. The van der Waals surface area contributed by atoms with Crippen LogP contribution in [-0.2, 0) is 6.54 Å². The van der Waals surface area contributed by atoms with Crippen LogP contribution in [0, 0.1) is 10.1 Å². The minimum Gasteiger partial charge on any atom is -0.322 e. The first kappa shape index (κ1) is 16.8. The largest absolute Gasteiger partial charge is 0.322 e. The van der Waals surface area contributed by atoms with Gasteiger partial charge in [-0.05, 0) is 17.7 Å². The van der Waals surface area contributed by atoms with E-state index in [0.29, 0.717) is 18.8 Å². The van der Waals surface area contributed by atoms with Crippen LogP contribution in [0.15, 0.2) is 48.8 Å². The molecule has 1 N–H and O–H groups in total. The maximum atomic E-state index is 12.3. The number of non-ortho nitro benzene ring substituents is 1. The minimum atomic E-state index is -0.479. The summed E-state index contributed by atoms with van der Waals surface area (Å²) in [4.78, 5) is 30.8. The van der Waals surface area contributed by atoms with Crippen LogP contribution in [0.4, 0.5) is 16.2 Å². The van der Waals surface area contributed by atoms with Crippen molar-refractivity contribution in [2.75, 3.05) is 31.5 Å². The lowest BCUT2D eigenvalue weighted by molar-refractivity contribution is -0.384. The Bertz CT molecular complexity index is 745. The van der Waals surface area contributed by atoms with Crippen molar-refractivity contribution in [1.29, 1.82) is 0 Å². The van der Waals surface area contributed by atoms with Gasteiger partial charge in [-0.15, -0.1) is 0 Å². The molecule has 0 radical (unpaired) electrons. The number of aromatic nitrogens is 1. The van der Waals surface area contributed by atoms with Crippen molar-refractivity contribution in [1.82, 2.24) is 14.8 Å². The smallest absolute Gasteiger partial charge is 0.321 e. The zero-order valence-electron chi connectivity index (χ0n) is 13.7. The molecular weight excluding hydrogens is 322 g/mol. The van der Waals surface area contributed by atoms with Gasteiger partial charge in [0.1, 0.15) is 0 Å². The highest BCUT2D eigenvalue weighted by Gasteiger charge is 2.21. The van der Waals surface area contributed by atoms with Gasteiger partial charge < -0.3 is 10.2 Å². The quantitative estimate of drug-likeness (QED) is 0.681. The molecule has 25 heavy (non-hydrogen) atoms. The number of nitro benzene ring substituents is 1. The van der Waals surface area contributed by atoms with Gasteiger partial charge >= 0.3 is 6.03 Å². The number of hydrogen-bond acceptors (Lipinski definition) is 5. The van der Waals surface area contributed by atoms with Crippen LogP contribution in [0.25, 0.3) is 0 Å². The van der Waals surface area contributed by atoms with Gasteiger partial charge in [0, 0.05) is 62.9 Å². The van der Waals surface area contributed by atoms with Gasteiger partial charge in [0.2, 0.25) is 0 Å². The molecule has 0 aliphatic carbocycles. The Morgan fingerprint density at radius 2 is 2.00 bits per heavy atom. The second kappa shape index (κ2) is 7.71. The van der Waals surface area contributed by atoms with E-state index in [1.807, 2.05) is 18.3 Å². The maximum absolute atomic E-state index is 12.3. The topological polar surface area (TPSA) is 91.6 Å². The Kier molecular flexibility index (Phi) is 5.20. The summed E-state index contributed by atoms with van der Waals surface area (Å²) < 4.78 is 0. The van der Waals surface area contributed by atoms with E-state index in [0.717, 1.165) is 25.2 Å². The first-order valence-corrected chi connectivity index (χ1v) is 8.03. The lowest BCUT2D eigenvalue weighted by Gasteiger charge is -2.34. The Hall–Kier alpha value is -3.00. The Morgan fingerprint density at radius 1 is 1.20 bits per heavy atom. The standard InChI is InChI=1S/C17H19N5O3/c23-17(19-15-4-1-5-16(11-15)22(24)25)21-9-7-20(8-10-21)13-14-3-2-6-18-12-14/h1-6,11-12H,7-10,13H2,(H,19,23). The average Bonchev–Trinajstić information content (AvgIpc) is 2.63. The third-order valence-electron chi connectivity index (χ3n) is 4.10. The highest BCUT2D eigenvalue weighted by atomic mass is 16.6. The summed E-state index contributed by atoms with van der Waals surface area (Å²) in [7, 11) is 0. The van der Waals surface area contributed by atoms with E-state index in [1.165, 1.54) is 12.1 Å². The number of carbonyl (C=O) groups excluding carboxylic acids is 1. The van der Waals surface area contributed by atoms with Gasteiger partial charge in [-0.3, -0.25) is 20.0 Å². The number of hydrogen-bond donors (Lipinski definition) is 1. The highest BCUT2D eigenvalue weighted by Crippen LogP contribution is 2.18. The summed E-state index contributed by atoms with van der Waals surface area (Å²) >= 11 is 0. The van der Waals surface area contributed by atoms with Crippen LogP contribution in [0.5, 0.6) is 0 Å². The van der Waals surface area contributed by atoms with Gasteiger partial charge in [0.15, 0.2) is 0 Å². The zero-order valence-corrected chi connectivity index (χ0v) is 13.7. The predicted octanol–water partition coefficient (Wildman–Crippen LogP) is 2.34. The molecule has 1 aliphatic rings. The molecule has 2 heterocycles. The number of rotatable bonds is 4. The summed E-state index contributed by atoms with van der Waals surface area (Å²) in [6.45, 7) is 3.59. The van der Waals surface area contributed by atoms with Gasteiger partial charge in [-0.2, -0.15) is 0 Å². The van der Waals surface area contributed by atoms with Gasteiger partial charge in [0.05, 0.1) is 4.92 Å². The van der Waals surface area contributed by atoms with E-state index in [2.05, 4.69) is 15.2 Å². The molecule has 0 spiro atoms. The molecule has 0 bridgehead atoms. The number of carbonyl (C=O) groups is 1. The number of nitrogens with zero attached hydrogens (tertiary/aromatic N) is 4. The van der Waals surface area contributed by atoms with Crippen molar-refractivity contribution < 1.29 is 9.72 Å². The van der Waals surface area contributed by atoms with Crippen LogP contribution < -0.4 is 5.32 Å². The molecule has 1 fully saturated rings. The molecule has 3 rings (SSSR count). The fourth-order valence-corrected chi connectivity index (χ4v) is 2.76. The SMILES string of the molecule is O=C(Nc1cccc([N+](=O)[O-])c1)N1CCN(Cc2cccnc2)CC1. The zero-order chi connectivity index (χ0) is 17.6. The summed E-state index contributed by atoms with van der Waals surface area (Å²) in [5, 5.41) is 13.5. The first-order chi connectivity index (χ1) is 12.1.